The van der Waals surface area contributed by atoms with Crippen molar-refractivity contribution in [2.45, 2.75) is 50.6 Å². The third-order valence-electron chi connectivity index (χ3n) is 6.74. The molecule has 2 amide bonds. The van der Waals surface area contributed by atoms with Gasteiger partial charge in [-0.2, -0.15) is 0 Å². The quantitative estimate of drug-likeness (QED) is 0.333. The average molecular weight is 560 g/mol. The third kappa shape index (κ3) is 7.39. The van der Waals surface area contributed by atoms with Crippen LogP contribution in [0.5, 0.6) is 0 Å². The summed E-state index contributed by atoms with van der Waals surface area (Å²) in [5, 5.41) is 22.1. The molecule has 1 fully saturated rings. The molecule has 1 heterocycles. The lowest BCUT2D eigenvalue weighted by molar-refractivity contribution is -0.139. The summed E-state index contributed by atoms with van der Waals surface area (Å²) in [6, 6.07) is 10.6. The van der Waals surface area contributed by atoms with Gasteiger partial charge in [-0.25, -0.2) is 4.79 Å². The van der Waals surface area contributed by atoms with Gasteiger partial charge < -0.3 is 26.4 Å². The molecule has 11 heteroatoms. The zero-order valence-corrected chi connectivity index (χ0v) is 22.3. The van der Waals surface area contributed by atoms with Crippen molar-refractivity contribution in [2.75, 3.05) is 18.4 Å². The highest BCUT2D eigenvalue weighted by Gasteiger charge is 2.28. The number of nitrogens with zero attached hydrogens (tertiary/aromatic N) is 1. The number of aliphatic imine (C=N–C) groups is 1. The van der Waals surface area contributed by atoms with Crippen molar-refractivity contribution in [3.05, 3.63) is 63.6 Å². The second-order valence-electron chi connectivity index (χ2n) is 9.57. The average Bonchev–Trinajstić information content (AvgIpc) is 2.90. The number of halogens is 2. The molecule has 0 bridgehead atoms. The van der Waals surface area contributed by atoms with Gasteiger partial charge in [0, 0.05) is 37.2 Å². The van der Waals surface area contributed by atoms with E-state index in [-0.39, 0.29) is 39.9 Å². The van der Waals surface area contributed by atoms with Crippen molar-refractivity contribution in [1.82, 2.24) is 16.0 Å². The predicted molar refractivity (Wildman–Crippen MR) is 148 cm³/mol. The lowest BCUT2D eigenvalue weighted by Crippen LogP contribution is -2.48. The number of nitrogens with one attached hydrogen (secondary N) is 4. The molecule has 1 aliphatic heterocycles. The van der Waals surface area contributed by atoms with E-state index in [0.717, 1.165) is 51.2 Å². The molecular weight excluding hydrogens is 529 g/mol. The molecule has 5 N–H and O–H groups in total. The maximum Gasteiger partial charge on any atom is 0.326 e. The standard InChI is InChI=1S/C27H31Cl2N5O4/c28-20-6-2-7-21(29)23(20)25(36)34-22(26(37)38)14-16-8-10-18(11-9-16)32-24(35)17-4-1-5-19(15-17)33-27-30-12-3-13-31-27/h2,6-11,17,19,22H,1,3-5,12-15H2,(H,32,35)(H,34,36)(H,37,38)(H2,30,31,33)/t17-,19-,22+/m1/s1. The lowest BCUT2D eigenvalue weighted by Gasteiger charge is -2.30. The summed E-state index contributed by atoms with van der Waals surface area (Å²) >= 11 is 12.2. The Morgan fingerprint density at radius 2 is 1.79 bits per heavy atom. The Balaban J connectivity index is 1.32. The van der Waals surface area contributed by atoms with Crippen LogP contribution in [0.2, 0.25) is 10.0 Å². The maximum absolute atomic E-state index is 12.9. The second kappa shape index (κ2) is 13.0. The summed E-state index contributed by atoms with van der Waals surface area (Å²) in [7, 11) is 0. The Kier molecular flexibility index (Phi) is 9.47. The van der Waals surface area contributed by atoms with E-state index in [0.29, 0.717) is 11.3 Å². The van der Waals surface area contributed by atoms with Crippen LogP contribution in [-0.4, -0.2) is 54.0 Å². The smallest absolute Gasteiger partial charge is 0.326 e. The molecule has 38 heavy (non-hydrogen) atoms. The highest BCUT2D eigenvalue weighted by Crippen LogP contribution is 2.26. The minimum atomic E-state index is -1.19. The molecule has 202 valence electrons. The Labute approximate surface area is 231 Å². The van der Waals surface area contributed by atoms with Crippen LogP contribution in [0.1, 0.15) is 48.0 Å². The summed E-state index contributed by atoms with van der Waals surface area (Å²) in [6.45, 7) is 1.73. The maximum atomic E-state index is 12.9. The molecule has 9 nitrogen and oxygen atoms in total. The Morgan fingerprint density at radius 3 is 2.45 bits per heavy atom. The van der Waals surface area contributed by atoms with E-state index in [1.165, 1.54) is 12.1 Å². The van der Waals surface area contributed by atoms with Crippen molar-refractivity contribution in [1.29, 1.82) is 0 Å². The van der Waals surface area contributed by atoms with E-state index < -0.39 is 17.9 Å². The van der Waals surface area contributed by atoms with Crippen molar-refractivity contribution in [3.63, 3.8) is 0 Å². The molecule has 2 aromatic rings. The van der Waals surface area contributed by atoms with E-state index in [2.05, 4.69) is 26.3 Å². The van der Waals surface area contributed by atoms with Gasteiger partial charge in [0.05, 0.1) is 15.6 Å². The molecule has 1 saturated carbocycles. The molecule has 0 unspecified atom stereocenters. The van der Waals surface area contributed by atoms with Gasteiger partial charge in [-0.15, -0.1) is 0 Å². The van der Waals surface area contributed by atoms with Crippen LogP contribution in [0, 0.1) is 5.92 Å². The number of hydrogen-bond acceptors (Lipinski definition) is 6. The highest BCUT2D eigenvalue weighted by molar-refractivity contribution is 6.39. The second-order valence-corrected chi connectivity index (χ2v) is 10.4. The van der Waals surface area contributed by atoms with E-state index in [1.807, 2.05) is 0 Å². The van der Waals surface area contributed by atoms with Crippen LogP contribution >= 0.6 is 23.2 Å². The van der Waals surface area contributed by atoms with Crippen LogP contribution < -0.4 is 21.3 Å². The first-order valence-electron chi connectivity index (χ1n) is 12.7. The van der Waals surface area contributed by atoms with Gasteiger partial charge in [0.2, 0.25) is 5.91 Å². The number of carboxylic acids is 1. The van der Waals surface area contributed by atoms with Gasteiger partial charge in [-0.1, -0.05) is 47.8 Å². The molecule has 4 rings (SSSR count). The summed E-state index contributed by atoms with van der Waals surface area (Å²) in [5.74, 6) is -1.16. The minimum absolute atomic E-state index is 0.0308. The monoisotopic (exact) mass is 559 g/mol. The first-order chi connectivity index (χ1) is 18.3. The Hall–Kier alpha value is -3.30. The molecule has 1 aliphatic carbocycles. The summed E-state index contributed by atoms with van der Waals surface area (Å²) in [4.78, 5) is 41.9. The number of carboxylic acid groups (broad SMARTS) is 1. The molecule has 0 radical (unpaired) electrons. The van der Waals surface area contributed by atoms with E-state index in [4.69, 9.17) is 23.2 Å². The number of guanidine groups is 1. The van der Waals surface area contributed by atoms with Crippen molar-refractivity contribution in [2.24, 2.45) is 10.9 Å². The molecule has 0 aromatic heterocycles. The molecule has 0 spiro atoms. The van der Waals surface area contributed by atoms with E-state index >= 15 is 0 Å². The number of aliphatic carboxylic acids is 1. The van der Waals surface area contributed by atoms with Crippen LogP contribution in [0.3, 0.4) is 0 Å². The van der Waals surface area contributed by atoms with E-state index in [9.17, 15) is 19.5 Å². The van der Waals surface area contributed by atoms with Crippen molar-refractivity contribution in [3.8, 4) is 0 Å². The van der Waals surface area contributed by atoms with Crippen LogP contribution in [-0.2, 0) is 16.0 Å². The fourth-order valence-corrected chi connectivity index (χ4v) is 5.30. The lowest BCUT2D eigenvalue weighted by atomic mass is 9.85. The highest BCUT2D eigenvalue weighted by atomic mass is 35.5. The van der Waals surface area contributed by atoms with E-state index in [1.54, 1.807) is 30.3 Å². The largest absolute Gasteiger partial charge is 0.480 e. The van der Waals surface area contributed by atoms with Gasteiger partial charge in [0.25, 0.3) is 5.91 Å². The molecule has 0 saturated heterocycles. The van der Waals surface area contributed by atoms with Gasteiger partial charge in [-0.05, 0) is 55.5 Å². The first-order valence-corrected chi connectivity index (χ1v) is 13.5. The topological polar surface area (TPSA) is 132 Å². The Morgan fingerprint density at radius 1 is 1.05 bits per heavy atom. The molecule has 2 aromatic carbocycles. The number of amides is 2. The third-order valence-corrected chi connectivity index (χ3v) is 7.37. The molecule has 3 atom stereocenters. The number of carbonyl (C=O) groups is 3. The summed E-state index contributed by atoms with van der Waals surface area (Å²) in [6.07, 6.45) is 4.61. The van der Waals surface area contributed by atoms with Gasteiger partial charge in [0.15, 0.2) is 5.96 Å². The van der Waals surface area contributed by atoms with Gasteiger partial charge in [0.1, 0.15) is 6.04 Å². The zero-order valence-electron chi connectivity index (χ0n) is 20.8. The first kappa shape index (κ1) is 27.7. The Bertz CT molecular complexity index is 1180. The predicted octanol–water partition coefficient (Wildman–Crippen LogP) is 3.86. The number of rotatable bonds is 8. The molecular formula is C27H31Cl2N5O4. The van der Waals surface area contributed by atoms with Crippen LogP contribution in [0.15, 0.2) is 47.5 Å². The molecule has 2 aliphatic rings. The summed E-state index contributed by atoms with van der Waals surface area (Å²) in [5.41, 5.74) is 1.35. The van der Waals surface area contributed by atoms with Crippen LogP contribution in [0.4, 0.5) is 5.69 Å². The zero-order chi connectivity index (χ0) is 27.1. The normalized spacial score (nSPS) is 19.9. The minimum Gasteiger partial charge on any atom is -0.480 e. The fraction of sp³-hybridized carbons (Fsp3) is 0.407. The van der Waals surface area contributed by atoms with Crippen molar-refractivity contribution < 1.29 is 19.5 Å². The number of anilines is 1. The van der Waals surface area contributed by atoms with Crippen molar-refractivity contribution >= 4 is 52.6 Å². The van der Waals surface area contributed by atoms with Gasteiger partial charge >= 0.3 is 5.97 Å². The fourth-order valence-electron chi connectivity index (χ4n) is 4.73. The van der Waals surface area contributed by atoms with Crippen LogP contribution in [0.25, 0.3) is 0 Å². The SMILES string of the molecule is O=C(N[C@@H](Cc1ccc(NC(=O)[C@@H]2CCC[C@@H](NC3=NCCCN3)C2)cc1)C(=O)O)c1c(Cl)cccc1Cl. The number of benzene rings is 2. The number of hydrogen-bond donors (Lipinski definition) is 5. The van der Waals surface area contributed by atoms with Gasteiger partial charge in [-0.3, -0.25) is 14.6 Å². The summed E-state index contributed by atoms with van der Waals surface area (Å²) < 4.78 is 0. The number of carbonyl (C=O) groups excluding carboxylic acids is 2.